The van der Waals surface area contributed by atoms with Crippen LogP contribution in [0, 0.1) is 11.8 Å². The molecular weight excluding hydrogens is 256 g/mol. The summed E-state index contributed by atoms with van der Waals surface area (Å²) in [5.41, 5.74) is 0.417. The van der Waals surface area contributed by atoms with Gasteiger partial charge in [0.2, 0.25) is 5.91 Å². The standard InChI is InChI=1S/C13H15F2NO3/c1-7-5-9(7)12(17)16-8-3-4-10(18-2)11(6-8)19-13(14)15/h3-4,6-7,9,13H,5H2,1-2H3,(H,16,17)/t7-,9+/m1/s1. The molecule has 6 heteroatoms. The van der Waals surface area contributed by atoms with E-state index in [4.69, 9.17) is 4.74 Å². The van der Waals surface area contributed by atoms with Gasteiger partial charge in [0.15, 0.2) is 11.5 Å². The molecule has 1 aliphatic rings. The summed E-state index contributed by atoms with van der Waals surface area (Å²) in [5, 5.41) is 2.68. The Bertz CT molecular complexity index is 479. The number of amides is 1. The molecule has 0 spiro atoms. The third-order valence-corrected chi connectivity index (χ3v) is 3.09. The van der Waals surface area contributed by atoms with Crippen molar-refractivity contribution in [1.29, 1.82) is 0 Å². The second-order valence-corrected chi connectivity index (χ2v) is 4.55. The largest absolute Gasteiger partial charge is 0.493 e. The number of nitrogens with one attached hydrogen (secondary N) is 1. The number of ether oxygens (including phenoxy) is 2. The highest BCUT2D eigenvalue weighted by molar-refractivity contribution is 5.94. The normalized spacial score (nSPS) is 21.1. The van der Waals surface area contributed by atoms with E-state index in [2.05, 4.69) is 10.1 Å². The van der Waals surface area contributed by atoms with Gasteiger partial charge in [-0.3, -0.25) is 4.79 Å². The van der Waals surface area contributed by atoms with E-state index < -0.39 is 6.61 Å². The van der Waals surface area contributed by atoms with Crippen LogP contribution in [0.15, 0.2) is 18.2 Å². The number of halogens is 2. The van der Waals surface area contributed by atoms with Gasteiger partial charge in [0.05, 0.1) is 7.11 Å². The van der Waals surface area contributed by atoms with Crippen LogP contribution in [-0.4, -0.2) is 19.6 Å². The first-order valence-corrected chi connectivity index (χ1v) is 5.95. The second-order valence-electron chi connectivity index (χ2n) is 4.55. The first-order valence-electron chi connectivity index (χ1n) is 5.95. The molecular formula is C13H15F2NO3. The van der Waals surface area contributed by atoms with Crippen LogP contribution in [0.1, 0.15) is 13.3 Å². The van der Waals surface area contributed by atoms with Gasteiger partial charge in [-0.2, -0.15) is 8.78 Å². The Morgan fingerprint density at radius 2 is 2.11 bits per heavy atom. The summed E-state index contributed by atoms with van der Waals surface area (Å²) >= 11 is 0. The van der Waals surface area contributed by atoms with E-state index >= 15 is 0 Å². The van der Waals surface area contributed by atoms with E-state index in [-0.39, 0.29) is 23.3 Å². The highest BCUT2D eigenvalue weighted by atomic mass is 19.3. The Labute approximate surface area is 109 Å². The van der Waals surface area contributed by atoms with Gasteiger partial charge in [-0.25, -0.2) is 0 Å². The minimum absolute atomic E-state index is 0.0153. The van der Waals surface area contributed by atoms with Crippen molar-refractivity contribution < 1.29 is 23.0 Å². The lowest BCUT2D eigenvalue weighted by Gasteiger charge is -2.12. The smallest absolute Gasteiger partial charge is 0.387 e. The van der Waals surface area contributed by atoms with Gasteiger partial charge in [0.25, 0.3) is 0 Å². The lowest BCUT2D eigenvalue weighted by Crippen LogP contribution is -2.14. The first kappa shape index (κ1) is 13.6. The fourth-order valence-corrected chi connectivity index (χ4v) is 1.86. The van der Waals surface area contributed by atoms with E-state index in [1.54, 1.807) is 6.07 Å². The van der Waals surface area contributed by atoms with Crippen molar-refractivity contribution in [3.05, 3.63) is 18.2 Å². The van der Waals surface area contributed by atoms with Crippen LogP contribution in [0.2, 0.25) is 0 Å². The molecule has 0 heterocycles. The Hall–Kier alpha value is -1.85. The van der Waals surface area contributed by atoms with Crippen LogP contribution in [-0.2, 0) is 4.79 Å². The number of carbonyl (C=O) groups is 1. The average Bonchev–Trinajstić information content (AvgIpc) is 3.06. The molecule has 19 heavy (non-hydrogen) atoms. The molecule has 104 valence electrons. The van der Waals surface area contributed by atoms with Gasteiger partial charge < -0.3 is 14.8 Å². The summed E-state index contributed by atoms with van der Waals surface area (Å²) in [7, 11) is 1.36. The molecule has 0 radical (unpaired) electrons. The Kier molecular flexibility index (Phi) is 3.87. The highest BCUT2D eigenvalue weighted by Crippen LogP contribution is 2.39. The van der Waals surface area contributed by atoms with Crippen molar-refractivity contribution in [1.82, 2.24) is 0 Å². The van der Waals surface area contributed by atoms with Crippen LogP contribution in [0.25, 0.3) is 0 Å². The Morgan fingerprint density at radius 3 is 2.63 bits per heavy atom. The lowest BCUT2D eigenvalue weighted by molar-refractivity contribution is -0.117. The van der Waals surface area contributed by atoms with Gasteiger partial charge in [-0.15, -0.1) is 0 Å². The number of anilines is 1. The average molecular weight is 271 g/mol. The predicted molar refractivity (Wildman–Crippen MR) is 65.5 cm³/mol. The first-order chi connectivity index (χ1) is 9.01. The fourth-order valence-electron chi connectivity index (χ4n) is 1.86. The number of rotatable bonds is 5. The van der Waals surface area contributed by atoms with Crippen LogP contribution in [0.3, 0.4) is 0 Å². The summed E-state index contributed by atoms with van der Waals surface area (Å²) in [4.78, 5) is 11.7. The quantitative estimate of drug-likeness (QED) is 0.895. The molecule has 1 aromatic carbocycles. The van der Waals surface area contributed by atoms with Crippen molar-refractivity contribution in [2.45, 2.75) is 20.0 Å². The zero-order valence-electron chi connectivity index (χ0n) is 10.7. The van der Waals surface area contributed by atoms with E-state index in [0.717, 1.165) is 6.42 Å². The van der Waals surface area contributed by atoms with Gasteiger partial charge in [-0.05, 0) is 24.5 Å². The minimum Gasteiger partial charge on any atom is -0.493 e. The highest BCUT2D eigenvalue weighted by Gasteiger charge is 2.39. The van der Waals surface area contributed by atoms with Crippen molar-refractivity contribution in [2.24, 2.45) is 11.8 Å². The number of methoxy groups -OCH3 is 1. The van der Waals surface area contributed by atoms with Crippen LogP contribution in [0.5, 0.6) is 11.5 Å². The maximum Gasteiger partial charge on any atom is 0.387 e. The lowest BCUT2D eigenvalue weighted by atomic mass is 10.2. The molecule has 4 nitrogen and oxygen atoms in total. The molecule has 1 fully saturated rings. The van der Waals surface area contributed by atoms with Crippen molar-refractivity contribution in [3.63, 3.8) is 0 Å². The van der Waals surface area contributed by atoms with Crippen LogP contribution in [0.4, 0.5) is 14.5 Å². The number of hydrogen-bond donors (Lipinski definition) is 1. The predicted octanol–water partition coefficient (Wildman–Crippen LogP) is 2.89. The maximum absolute atomic E-state index is 12.3. The molecule has 1 saturated carbocycles. The van der Waals surface area contributed by atoms with Crippen molar-refractivity contribution >= 4 is 11.6 Å². The fraction of sp³-hybridized carbons (Fsp3) is 0.462. The van der Waals surface area contributed by atoms with E-state index in [9.17, 15) is 13.6 Å². The molecule has 1 amide bonds. The summed E-state index contributed by atoms with van der Waals surface area (Å²) in [6, 6.07) is 4.39. The van der Waals surface area contributed by atoms with Crippen LogP contribution >= 0.6 is 0 Å². The monoisotopic (exact) mass is 271 g/mol. The van der Waals surface area contributed by atoms with Gasteiger partial charge in [0.1, 0.15) is 0 Å². The molecule has 2 rings (SSSR count). The number of hydrogen-bond acceptors (Lipinski definition) is 3. The second kappa shape index (κ2) is 5.42. The van der Waals surface area contributed by atoms with Gasteiger partial charge >= 0.3 is 6.61 Å². The molecule has 0 saturated heterocycles. The summed E-state index contributed by atoms with van der Waals surface area (Å²) < 4.78 is 33.8. The van der Waals surface area contributed by atoms with Crippen molar-refractivity contribution in [3.8, 4) is 11.5 Å². The molecule has 1 aromatic rings. The molecule has 1 N–H and O–H groups in total. The number of carbonyl (C=O) groups excluding carboxylic acids is 1. The summed E-state index contributed by atoms with van der Waals surface area (Å²) in [6.07, 6.45) is 0.863. The van der Waals surface area contributed by atoms with Gasteiger partial charge in [-0.1, -0.05) is 6.92 Å². The van der Waals surface area contributed by atoms with Crippen molar-refractivity contribution in [2.75, 3.05) is 12.4 Å². The number of alkyl halides is 2. The zero-order valence-corrected chi connectivity index (χ0v) is 10.7. The third kappa shape index (κ3) is 3.33. The minimum atomic E-state index is -2.94. The number of benzene rings is 1. The molecule has 2 atom stereocenters. The zero-order chi connectivity index (χ0) is 14.0. The third-order valence-electron chi connectivity index (χ3n) is 3.09. The Morgan fingerprint density at radius 1 is 1.42 bits per heavy atom. The molecule has 0 bridgehead atoms. The SMILES string of the molecule is COc1ccc(NC(=O)[C@H]2C[C@H]2C)cc1OC(F)F. The molecule has 0 unspecified atom stereocenters. The van der Waals surface area contributed by atoms with E-state index in [1.807, 2.05) is 6.92 Å². The molecule has 1 aliphatic carbocycles. The topological polar surface area (TPSA) is 47.6 Å². The summed E-state index contributed by atoms with van der Waals surface area (Å²) in [6.45, 7) is -0.952. The van der Waals surface area contributed by atoms with E-state index in [1.165, 1.54) is 19.2 Å². The van der Waals surface area contributed by atoms with E-state index in [0.29, 0.717) is 11.6 Å². The van der Waals surface area contributed by atoms with Crippen LogP contribution < -0.4 is 14.8 Å². The molecule has 0 aliphatic heterocycles. The maximum atomic E-state index is 12.3. The van der Waals surface area contributed by atoms with Gasteiger partial charge in [0, 0.05) is 17.7 Å². The Balaban J connectivity index is 2.10. The summed E-state index contributed by atoms with van der Waals surface area (Å²) in [5.74, 6) is 0.398. The molecule has 0 aromatic heterocycles.